The number of rotatable bonds is 16. The first-order valence-electron chi connectivity index (χ1n) is 10.1. The molecule has 3 nitrogen and oxygen atoms in total. The lowest BCUT2D eigenvalue weighted by Gasteiger charge is -2.21. The highest BCUT2D eigenvalue weighted by Crippen LogP contribution is 2.24. The maximum absolute atomic E-state index is 11.6. The van der Waals surface area contributed by atoms with Crippen LogP contribution in [0, 0.1) is 5.41 Å². The van der Waals surface area contributed by atoms with Crippen LogP contribution >= 0.6 is 0 Å². The molecule has 0 spiro atoms. The molecule has 0 fully saturated rings. The molecule has 0 radical (unpaired) electrons. The summed E-state index contributed by atoms with van der Waals surface area (Å²) in [5.41, 5.74) is 1.94. The van der Waals surface area contributed by atoms with Gasteiger partial charge in [-0.1, -0.05) is 111 Å². The van der Waals surface area contributed by atoms with Crippen molar-refractivity contribution in [3.05, 3.63) is 0 Å². The number of unbranched alkanes of at least 4 members (excludes halogenated alkanes) is 13. The van der Waals surface area contributed by atoms with Crippen molar-refractivity contribution in [1.82, 2.24) is 5.43 Å². The second-order valence-corrected chi connectivity index (χ2v) is 7.70. The number of hydrogen-bond donors (Lipinski definition) is 2. The van der Waals surface area contributed by atoms with E-state index >= 15 is 0 Å². The fourth-order valence-electron chi connectivity index (χ4n) is 3.07. The number of carbonyl (C=O) groups is 1. The molecular weight excluding hydrogens is 284 g/mol. The Bertz CT molecular complexity index is 277. The molecule has 0 aliphatic heterocycles. The van der Waals surface area contributed by atoms with E-state index in [1.165, 1.54) is 83.5 Å². The van der Waals surface area contributed by atoms with E-state index in [-0.39, 0.29) is 11.3 Å². The summed E-state index contributed by atoms with van der Waals surface area (Å²) in [5.74, 6) is 5.16. The topological polar surface area (TPSA) is 55.1 Å². The zero-order chi connectivity index (χ0) is 17.4. The predicted molar refractivity (Wildman–Crippen MR) is 101 cm³/mol. The summed E-state index contributed by atoms with van der Waals surface area (Å²) in [4.78, 5) is 11.6. The maximum Gasteiger partial charge on any atom is 0.239 e. The number of amides is 1. The van der Waals surface area contributed by atoms with Crippen molar-refractivity contribution < 1.29 is 4.79 Å². The van der Waals surface area contributed by atoms with Gasteiger partial charge in [0, 0.05) is 5.41 Å². The van der Waals surface area contributed by atoms with Crippen molar-refractivity contribution in [1.29, 1.82) is 0 Å². The van der Waals surface area contributed by atoms with Gasteiger partial charge in [-0.2, -0.15) is 0 Å². The molecule has 0 rings (SSSR count). The van der Waals surface area contributed by atoms with E-state index in [0.29, 0.717) is 0 Å². The molecule has 0 bridgehead atoms. The van der Waals surface area contributed by atoms with E-state index in [9.17, 15) is 4.79 Å². The summed E-state index contributed by atoms with van der Waals surface area (Å²) >= 11 is 0. The third kappa shape index (κ3) is 13.6. The van der Waals surface area contributed by atoms with Crippen molar-refractivity contribution in [2.24, 2.45) is 11.3 Å². The molecule has 0 aromatic carbocycles. The van der Waals surface area contributed by atoms with Crippen LogP contribution < -0.4 is 11.3 Å². The van der Waals surface area contributed by atoms with Crippen LogP contribution in [-0.4, -0.2) is 5.91 Å². The van der Waals surface area contributed by atoms with Gasteiger partial charge in [0.1, 0.15) is 0 Å². The Labute approximate surface area is 145 Å². The van der Waals surface area contributed by atoms with Gasteiger partial charge in [-0.3, -0.25) is 10.2 Å². The van der Waals surface area contributed by atoms with Gasteiger partial charge in [0.2, 0.25) is 5.91 Å². The molecule has 138 valence electrons. The van der Waals surface area contributed by atoms with Crippen LogP contribution in [0.5, 0.6) is 0 Å². The van der Waals surface area contributed by atoms with E-state index < -0.39 is 0 Å². The van der Waals surface area contributed by atoms with Crippen molar-refractivity contribution in [2.75, 3.05) is 0 Å². The van der Waals surface area contributed by atoms with Crippen molar-refractivity contribution in [2.45, 2.75) is 117 Å². The lowest BCUT2D eigenvalue weighted by Crippen LogP contribution is -2.40. The third-order valence-electron chi connectivity index (χ3n) is 4.90. The Morgan fingerprint density at radius 2 is 1.09 bits per heavy atom. The lowest BCUT2D eigenvalue weighted by atomic mass is 9.86. The normalized spacial score (nSPS) is 11.7. The number of nitrogens with two attached hydrogens (primary N) is 1. The molecular formula is C20H42N2O. The average molecular weight is 327 g/mol. The quantitative estimate of drug-likeness (QED) is 0.161. The fraction of sp³-hybridized carbons (Fsp3) is 0.950. The minimum atomic E-state index is -0.328. The van der Waals surface area contributed by atoms with Gasteiger partial charge in [0.05, 0.1) is 0 Å². The summed E-state index contributed by atoms with van der Waals surface area (Å²) in [6.07, 6.45) is 20.0. The highest BCUT2D eigenvalue weighted by Gasteiger charge is 2.25. The molecule has 3 heteroatoms. The van der Waals surface area contributed by atoms with Crippen LogP contribution in [0.3, 0.4) is 0 Å². The van der Waals surface area contributed by atoms with E-state index in [0.717, 1.165) is 12.8 Å². The van der Waals surface area contributed by atoms with E-state index in [1.807, 2.05) is 13.8 Å². The molecule has 0 aromatic heterocycles. The highest BCUT2D eigenvalue weighted by molar-refractivity contribution is 5.81. The molecule has 0 aliphatic rings. The lowest BCUT2D eigenvalue weighted by molar-refractivity contribution is -0.129. The molecule has 0 aromatic rings. The van der Waals surface area contributed by atoms with Crippen LogP contribution in [0.1, 0.15) is 117 Å². The summed E-state index contributed by atoms with van der Waals surface area (Å²) in [5, 5.41) is 0. The second-order valence-electron chi connectivity index (χ2n) is 7.70. The Hall–Kier alpha value is -0.570. The Kier molecular flexibility index (Phi) is 14.6. The van der Waals surface area contributed by atoms with Crippen molar-refractivity contribution >= 4 is 5.91 Å². The van der Waals surface area contributed by atoms with E-state index in [4.69, 9.17) is 5.84 Å². The van der Waals surface area contributed by atoms with Crippen LogP contribution in [0.4, 0.5) is 0 Å². The zero-order valence-corrected chi connectivity index (χ0v) is 16.1. The Morgan fingerprint density at radius 3 is 1.43 bits per heavy atom. The van der Waals surface area contributed by atoms with Gasteiger partial charge in [-0.25, -0.2) is 5.84 Å². The van der Waals surface area contributed by atoms with Crippen molar-refractivity contribution in [3.8, 4) is 0 Å². The van der Waals surface area contributed by atoms with Gasteiger partial charge < -0.3 is 0 Å². The van der Waals surface area contributed by atoms with Gasteiger partial charge in [-0.15, -0.1) is 0 Å². The first-order chi connectivity index (χ1) is 11.0. The smallest absolute Gasteiger partial charge is 0.239 e. The maximum atomic E-state index is 11.6. The van der Waals surface area contributed by atoms with E-state index in [2.05, 4.69) is 12.3 Å². The molecule has 3 N–H and O–H groups in total. The molecule has 0 saturated heterocycles. The van der Waals surface area contributed by atoms with Crippen LogP contribution in [0.25, 0.3) is 0 Å². The summed E-state index contributed by atoms with van der Waals surface area (Å²) in [6, 6.07) is 0. The van der Waals surface area contributed by atoms with Crippen LogP contribution in [0.15, 0.2) is 0 Å². The third-order valence-corrected chi connectivity index (χ3v) is 4.90. The monoisotopic (exact) mass is 326 g/mol. The zero-order valence-electron chi connectivity index (χ0n) is 16.1. The number of carbonyl (C=O) groups excluding carboxylic acids is 1. The fourth-order valence-corrected chi connectivity index (χ4v) is 3.07. The minimum Gasteiger partial charge on any atom is -0.294 e. The van der Waals surface area contributed by atoms with Gasteiger partial charge in [-0.05, 0) is 6.42 Å². The summed E-state index contributed by atoms with van der Waals surface area (Å²) in [6.45, 7) is 6.21. The number of hydrazine groups is 1. The van der Waals surface area contributed by atoms with Gasteiger partial charge in [0.15, 0.2) is 0 Å². The molecule has 0 aliphatic carbocycles. The Morgan fingerprint density at radius 1 is 0.739 bits per heavy atom. The van der Waals surface area contributed by atoms with Crippen molar-refractivity contribution in [3.63, 3.8) is 0 Å². The molecule has 1 amide bonds. The van der Waals surface area contributed by atoms with Crippen LogP contribution in [0.2, 0.25) is 0 Å². The number of hydrogen-bond acceptors (Lipinski definition) is 2. The molecule has 0 heterocycles. The number of nitrogens with one attached hydrogen (secondary N) is 1. The molecule has 0 unspecified atom stereocenters. The highest BCUT2D eigenvalue weighted by atomic mass is 16.2. The first-order valence-corrected chi connectivity index (χ1v) is 10.1. The predicted octanol–water partition coefficient (Wildman–Crippen LogP) is 5.87. The van der Waals surface area contributed by atoms with Gasteiger partial charge >= 0.3 is 0 Å². The second kappa shape index (κ2) is 15.0. The molecule has 0 saturated carbocycles. The Balaban J connectivity index is 3.24. The first kappa shape index (κ1) is 22.4. The van der Waals surface area contributed by atoms with Gasteiger partial charge in [0.25, 0.3) is 0 Å². The summed E-state index contributed by atoms with van der Waals surface area (Å²) < 4.78 is 0. The van der Waals surface area contributed by atoms with E-state index in [1.54, 1.807) is 0 Å². The average Bonchev–Trinajstić information content (AvgIpc) is 2.54. The summed E-state index contributed by atoms with van der Waals surface area (Å²) in [7, 11) is 0. The minimum absolute atomic E-state index is 0.0489. The van der Waals surface area contributed by atoms with Crippen LogP contribution in [-0.2, 0) is 4.79 Å². The molecule has 23 heavy (non-hydrogen) atoms. The molecule has 0 atom stereocenters. The SMILES string of the molecule is CCCCCCCCCCCCCCCCC(C)(C)C(=O)NN. The standard InChI is InChI=1S/C20H42N2O/c1-4-5-6-7-8-9-10-11-12-13-14-15-16-17-18-20(2,3)19(23)22-21/h4-18,21H2,1-3H3,(H,22,23). The largest absolute Gasteiger partial charge is 0.294 e.